The first kappa shape index (κ1) is 14.2. The van der Waals surface area contributed by atoms with Crippen LogP contribution in [-0.4, -0.2) is 14.2 Å². The summed E-state index contributed by atoms with van der Waals surface area (Å²) in [5.74, 6) is 8.18. The first-order chi connectivity index (χ1) is 9.30. The highest BCUT2D eigenvalue weighted by molar-refractivity contribution is 5.47. The lowest BCUT2D eigenvalue weighted by molar-refractivity contribution is 0.346. The van der Waals surface area contributed by atoms with Crippen LogP contribution >= 0.6 is 0 Å². The van der Waals surface area contributed by atoms with E-state index in [0.29, 0.717) is 0 Å². The van der Waals surface area contributed by atoms with Crippen molar-refractivity contribution in [1.29, 1.82) is 0 Å². The second-order valence-corrected chi connectivity index (χ2v) is 5.18. The molecular formula is C15H24N2O2. The van der Waals surface area contributed by atoms with Crippen molar-refractivity contribution in [1.82, 2.24) is 5.43 Å². The second kappa shape index (κ2) is 6.78. The standard InChI is InChI=1S/C15H24N2O2/c1-18-13-8-5-9-14(19-2)15(13)12(17-16)10-11-6-3-4-7-11/h5,8-9,11-12,17H,3-4,6-7,10,16H2,1-2H3. The maximum atomic E-state index is 5.77. The normalized spacial score (nSPS) is 17.4. The summed E-state index contributed by atoms with van der Waals surface area (Å²) in [6.45, 7) is 0. The van der Waals surface area contributed by atoms with E-state index in [1.807, 2.05) is 18.2 Å². The molecule has 1 atom stereocenters. The number of nitrogens with two attached hydrogens (primary N) is 1. The maximum absolute atomic E-state index is 5.77. The van der Waals surface area contributed by atoms with Crippen LogP contribution in [0.5, 0.6) is 11.5 Å². The highest BCUT2D eigenvalue weighted by Crippen LogP contribution is 2.39. The Hall–Kier alpha value is -1.26. The minimum atomic E-state index is 0.0780. The van der Waals surface area contributed by atoms with E-state index in [1.165, 1.54) is 25.7 Å². The molecule has 3 N–H and O–H groups in total. The van der Waals surface area contributed by atoms with E-state index in [0.717, 1.165) is 29.4 Å². The number of ether oxygens (including phenoxy) is 2. The Labute approximate surface area is 115 Å². The van der Waals surface area contributed by atoms with Gasteiger partial charge in [0.15, 0.2) is 0 Å². The molecule has 0 radical (unpaired) electrons. The minimum absolute atomic E-state index is 0.0780. The Morgan fingerprint density at radius 2 is 1.79 bits per heavy atom. The van der Waals surface area contributed by atoms with Crippen LogP contribution in [0.25, 0.3) is 0 Å². The van der Waals surface area contributed by atoms with Crippen molar-refractivity contribution in [2.45, 2.75) is 38.1 Å². The monoisotopic (exact) mass is 264 g/mol. The van der Waals surface area contributed by atoms with E-state index in [2.05, 4.69) is 5.43 Å². The van der Waals surface area contributed by atoms with Crippen LogP contribution in [0.3, 0.4) is 0 Å². The molecule has 4 heteroatoms. The van der Waals surface area contributed by atoms with Gasteiger partial charge in [0, 0.05) is 0 Å². The molecule has 1 saturated carbocycles. The largest absolute Gasteiger partial charge is 0.496 e. The third kappa shape index (κ3) is 3.19. The lowest BCUT2D eigenvalue weighted by Crippen LogP contribution is -2.30. The van der Waals surface area contributed by atoms with E-state index in [-0.39, 0.29) is 6.04 Å². The molecule has 1 unspecified atom stereocenters. The maximum Gasteiger partial charge on any atom is 0.127 e. The van der Waals surface area contributed by atoms with Crippen molar-refractivity contribution in [3.8, 4) is 11.5 Å². The number of hydrogen-bond acceptors (Lipinski definition) is 4. The molecule has 0 bridgehead atoms. The molecule has 0 spiro atoms. The van der Waals surface area contributed by atoms with Crippen LogP contribution in [0, 0.1) is 5.92 Å². The van der Waals surface area contributed by atoms with Gasteiger partial charge in [-0.3, -0.25) is 11.3 Å². The van der Waals surface area contributed by atoms with Crippen molar-refractivity contribution < 1.29 is 9.47 Å². The highest BCUT2D eigenvalue weighted by atomic mass is 16.5. The van der Waals surface area contributed by atoms with Gasteiger partial charge in [-0.05, 0) is 24.5 Å². The molecule has 2 rings (SSSR count). The Balaban J connectivity index is 2.24. The Morgan fingerprint density at radius 1 is 1.21 bits per heavy atom. The number of rotatable bonds is 6. The molecule has 0 saturated heterocycles. The highest BCUT2D eigenvalue weighted by Gasteiger charge is 2.25. The fourth-order valence-corrected chi connectivity index (χ4v) is 3.07. The van der Waals surface area contributed by atoms with Crippen LogP contribution in [0.15, 0.2) is 18.2 Å². The zero-order chi connectivity index (χ0) is 13.7. The van der Waals surface area contributed by atoms with Crippen LogP contribution in [0.2, 0.25) is 0 Å². The topological polar surface area (TPSA) is 56.5 Å². The summed E-state index contributed by atoms with van der Waals surface area (Å²) in [7, 11) is 3.36. The molecule has 0 amide bonds. The van der Waals surface area contributed by atoms with Gasteiger partial charge in [-0.2, -0.15) is 0 Å². The van der Waals surface area contributed by atoms with E-state index in [1.54, 1.807) is 14.2 Å². The minimum Gasteiger partial charge on any atom is -0.496 e. The van der Waals surface area contributed by atoms with Gasteiger partial charge in [0.25, 0.3) is 0 Å². The van der Waals surface area contributed by atoms with Gasteiger partial charge in [-0.15, -0.1) is 0 Å². The van der Waals surface area contributed by atoms with Crippen LogP contribution in [-0.2, 0) is 0 Å². The van der Waals surface area contributed by atoms with E-state index >= 15 is 0 Å². The van der Waals surface area contributed by atoms with Crippen molar-refractivity contribution in [3.63, 3.8) is 0 Å². The Kier molecular flexibility index (Phi) is 5.05. The van der Waals surface area contributed by atoms with Crippen molar-refractivity contribution in [2.24, 2.45) is 11.8 Å². The molecule has 0 aliphatic heterocycles. The van der Waals surface area contributed by atoms with Gasteiger partial charge >= 0.3 is 0 Å². The Morgan fingerprint density at radius 3 is 2.26 bits per heavy atom. The van der Waals surface area contributed by atoms with Crippen LogP contribution in [0.1, 0.15) is 43.7 Å². The molecular weight excluding hydrogens is 240 g/mol. The van der Waals surface area contributed by atoms with Gasteiger partial charge in [0.2, 0.25) is 0 Å². The fraction of sp³-hybridized carbons (Fsp3) is 0.600. The molecule has 1 aliphatic rings. The average Bonchev–Trinajstić information content (AvgIpc) is 2.97. The van der Waals surface area contributed by atoms with E-state index in [4.69, 9.17) is 15.3 Å². The summed E-state index contributed by atoms with van der Waals surface area (Å²) in [6, 6.07) is 5.92. The molecule has 4 nitrogen and oxygen atoms in total. The molecule has 106 valence electrons. The molecule has 19 heavy (non-hydrogen) atoms. The van der Waals surface area contributed by atoms with Crippen molar-refractivity contribution >= 4 is 0 Å². The van der Waals surface area contributed by atoms with Crippen LogP contribution in [0.4, 0.5) is 0 Å². The number of hydrazine groups is 1. The molecule has 0 aromatic heterocycles. The third-order valence-corrected chi connectivity index (χ3v) is 4.06. The summed E-state index contributed by atoms with van der Waals surface area (Å²) < 4.78 is 10.9. The van der Waals surface area contributed by atoms with Gasteiger partial charge in [0.1, 0.15) is 11.5 Å². The average molecular weight is 264 g/mol. The summed E-state index contributed by atoms with van der Waals surface area (Å²) in [5.41, 5.74) is 3.96. The quantitative estimate of drug-likeness (QED) is 0.613. The lowest BCUT2D eigenvalue weighted by Gasteiger charge is -2.24. The van der Waals surface area contributed by atoms with Crippen molar-refractivity contribution in [3.05, 3.63) is 23.8 Å². The Bertz CT molecular complexity index is 381. The molecule has 1 aromatic rings. The summed E-state index contributed by atoms with van der Waals surface area (Å²) in [5, 5.41) is 0. The zero-order valence-electron chi connectivity index (χ0n) is 11.8. The number of benzene rings is 1. The van der Waals surface area contributed by atoms with Crippen LogP contribution < -0.4 is 20.7 Å². The summed E-state index contributed by atoms with van der Waals surface area (Å²) >= 11 is 0. The first-order valence-corrected chi connectivity index (χ1v) is 6.97. The van der Waals surface area contributed by atoms with Crippen molar-refractivity contribution in [2.75, 3.05) is 14.2 Å². The summed E-state index contributed by atoms with van der Waals surface area (Å²) in [6.07, 6.45) is 6.31. The predicted octanol–water partition coefficient (Wildman–Crippen LogP) is 2.79. The van der Waals surface area contributed by atoms with Gasteiger partial charge in [-0.1, -0.05) is 31.7 Å². The lowest BCUT2D eigenvalue weighted by atomic mass is 9.93. The van der Waals surface area contributed by atoms with E-state index < -0.39 is 0 Å². The molecule has 0 heterocycles. The molecule has 1 fully saturated rings. The smallest absolute Gasteiger partial charge is 0.127 e. The predicted molar refractivity (Wildman–Crippen MR) is 76.2 cm³/mol. The number of nitrogens with one attached hydrogen (secondary N) is 1. The van der Waals surface area contributed by atoms with Gasteiger partial charge in [0.05, 0.1) is 25.8 Å². The number of methoxy groups -OCH3 is 2. The SMILES string of the molecule is COc1cccc(OC)c1C(CC1CCCC1)NN. The number of hydrogen-bond donors (Lipinski definition) is 2. The second-order valence-electron chi connectivity index (χ2n) is 5.18. The zero-order valence-corrected chi connectivity index (χ0v) is 11.8. The third-order valence-electron chi connectivity index (χ3n) is 4.06. The van der Waals surface area contributed by atoms with Gasteiger partial charge in [-0.25, -0.2) is 0 Å². The van der Waals surface area contributed by atoms with Gasteiger partial charge < -0.3 is 9.47 Å². The van der Waals surface area contributed by atoms with E-state index in [9.17, 15) is 0 Å². The first-order valence-electron chi connectivity index (χ1n) is 6.97. The molecule has 1 aromatic carbocycles. The fourth-order valence-electron chi connectivity index (χ4n) is 3.07. The summed E-state index contributed by atoms with van der Waals surface area (Å²) in [4.78, 5) is 0. The molecule has 1 aliphatic carbocycles.